The largest absolute Gasteiger partial charge is 0.326 e. The molecule has 1 heterocycles. The first-order valence-electron chi connectivity index (χ1n) is 5.95. The lowest BCUT2D eigenvalue weighted by Gasteiger charge is -2.27. The van der Waals surface area contributed by atoms with Crippen LogP contribution >= 0.6 is 22.6 Å². The van der Waals surface area contributed by atoms with E-state index in [0.717, 1.165) is 25.1 Å². The van der Waals surface area contributed by atoms with Crippen LogP contribution in [0.5, 0.6) is 0 Å². The van der Waals surface area contributed by atoms with Crippen LogP contribution in [0.25, 0.3) is 0 Å². The van der Waals surface area contributed by atoms with Crippen molar-refractivity contribution in [1.29, 1.82) is 0 Å². The number of hydrogen-bond acceptors (Lipinski definition) is 2. The lowest BCUT2D eigenvalue weighted by molar-refractivity contribution is -0.120. The van der Waals surface area contributed by atoms with Gasteiger partial charge < -0.3 is 10.6 Å². The van der Waals surface area contributed by atoms with Crippen LogP contribution < -0.4 is 10.6 Å². The van der Waals surface area contributed by atoms with Crippen LogP contribution in [-0.4, -0.2) is 18.5 Å². The van der Waals surface area contributed by atoms with Crippen molar-refractivity contribution < 1.29 is 4.79 Å². The van der Waals surface area contributed by atoms with Crippen molar-refractivity contribution in [3.8, 4) is 0 Å². The van der Waals surface area contributed by atoms with E-state index in [9.17, 15) is 4.79 Å². The quantitative estimate of drug-likeness (QED) is 0.810. The van der Waals surface area contributed by atoms with Gasteiger partial charge in [-0.3, -0.25) is 4.79 Å². The number of benzene rings is 1. The topological polar surface area (TPSA) is 41.1 Å². The fraction of sp³-hybridized carbons (Fsp3) is 0.462. The fourth-order valence-corrected chi connectivity index (χ4v) is 2.51. The van der Waals surface area contributed by atoms with Gasteiger partial charge in [-0.2, -0.15) is 0 Å². The molecule has 1 saturated heterocycles. The summed E-state index contributed by atoms with van der Waals surface area (Å²) in [6.07, 6.45) is 1.86. The van der Waals surface area contributed by atoms with Gasteiger partial charge in [0.2, 0.25) is 5.91 Å². The Balaban J connectivity index is 1.94. The van der Waals surface area contributed by atoms with Crippen molar-refractivity contribution >= 4 is 34.2 Å². The molecule has 1 amide bonds. The average molecular weight is 344 g/mol. The maximum atomic E-state index is 12.1. The van der Waals surface area contributed by atoms with E-state index in [2.05, 4.69) is 40.1 Å². The summed E-state index contributed by atoms with van der Waals surface area (Å²) in [6.45, 7) is 3.07. The number of carbonyl (C=O) groups is 1. The molecule has 0 saturated carbocycles. The Kier molecular flexibility index (Phi) is 4.39. The number of carbonyl (C=O) groups excluding carboxylic acids is 1. The zero-order valence-corrected chi connectivity index (χ0v) is 12.0. The molecule has 1 fully saturated rings. The predicted octanol–water partition coefficient (Wildman–Crippen LogP) is 2.62. The first-order valence-corrected chi connectivity index (χ1v) is 7.03. The molecule has 1 aliphatic rings. The van der Waals surface area contributed by atoms with Gasteiger partial charge >= 0.3 is 0 Å². The smallest absolute Gasteiger partial charge is 0.227 e. The molecule has 2 atom stereocenters. The maximum absolute atomic E-state index is 12.1. The number of halogens is 1. The molecule has 1 aromatic rings. The molecule has 2 unspecified atom stereocenters. The van der Waals surface area contributed by atoms with Crippen LogP contribution in [0.4, 0.5) is 5.69 Å². The van der Waals surface area contributed by atoms with E-state index in [1.54, 1.807) is 0 Å². The second-order valence-corrected chi connectivity index (χ2v) is 5.82. The van der Waals surface area contributed by atoms with Crippen molar-refractivity contribution in [2.75, 3.05) is 11.9 Å². The number of amides is 1. The van der Waals surface area contributed by atoms with Crippen molar-refractivity contribution in [2.45, 2.75) is 25.8 Å². The molecule has 0 radical (unpaired) electrons. The van der Waals surface area contributed by atoms with Gasteiger partial charge in [0.25, 0.3) is 0 Å². The van der Waals surface area contributed by atoms with E-state index >= 15 is 0 Å². The summed E-state index contributed by atoms with van der Waals surface area (Å²) in [7, 11) is 0. The minimum atomic E-state index is 0.144. The molecule has 0 aromatic heterocycles. The summed E-state index contributed by atoms with van der Waals surface area (Å²) in [5.41, 5.74) is 0.890. The van der Waals surface area contributed by atoms with Gasteiger partial charge in [-0.05, 0) is 73.2 Å². The van der Waals surface area contributed by atoms with Crippen LogP contribution in [-0.2, 0) is 4.79 Å². The van der Waals surface area contributed by atoms with Crippen LogP contribution in [0, 0.1) is 9.49 Å². The number of anilines is 1. The molecule has 0 spiro atoms. The second-order valence-electron chi connectivity index (χ2n) is 4.57. The molecule has 3 nitrogen and oxygen atoms in total. The van der Waals surface area contributed by atoms with Crippen LogP contribution in [0.3, 0.4) is 0 Å². The van der Waals surface area contributed by atoms with Crippen molar-refractivity contribution in [1.82, 2.24) is 5.32 Å². The van der Waals surface area contributed by atoms with E-state index in [1.165, 1.54) is 3.57 Å². The lowest BCUT2D eigenvalue weighted by atomic mass is 9.92. The maximum Gasteiger partial charge on any atom is 0.227 e. The fourth-order valence-electron chi connectivity index (χ4n) is 2.15. The zero-order valence-electron chi connectivity index (χ0n) is 9.87. The van der Waals surface area contributed by atoms with Crippen LogP contribution in [0.15, 0.2) is 24.3 Å². The molecule has 17 heavy (non-hydrogen) atoms. The Morgan fingerprint density at radius 2 is 2.12 bits per heavy atom. The third kappa shape index (κ3) is 3.67. The van der Waals surface area contributed by atoms with Gasteiger partial charge in [-0.25, -0.2) is 0 Å². The summed E-state index contributed by atoms with van der Waals surface area (Å²) < 4.78 is 1.18. The van der Waals surface area contributed by atoms with E-state index in [4.69, 9.17) is 0 Å². The minimum Gasteiger partial charge on any atom is -0.326 e. The highest BCUT2D eigenvalue weighted by Crippen LogP contribution is 2.19. The Morgan fingerprint density at radius 1 is 1.41 bits per heavy atom. The highest BCUT2D eigenvalue weighted by Gasteiger charge is 2.24. The highest BCUT2D eigenvalue weighted by molar-refractivity contribution is 14.1. The monoisotopic (exact) mass is 344 g/mol. The predicted molar refractivity (Wildman–Crippen MR) is 78.0 cm³/mol. The van der Waals surface area contributed by atoms with E-state index in [-0.39, 0.29) is 11.8 Å². The van der Waals surface area contributed by atoms with Crippen molar-refractivity contribution in [2.24, 2.45) is 5.92 Å². The number of nitrogens with one attached hydrogen (secondary N) is 2. The van der Waals surface area contributed by atoms with Gasteiger partial charge in [-0.15, -0.1) is 0 Å². The third-order valence-corrected chi connectivity index (χ3v) is 3.83. The van der Waals surface area contributed by atoms with Gasteiger partial charge in [0, 0.05) is 21.2 Å². The molecule has 92 valence electrons. The Hall–Kier alpha value is -0.620. The van der Waals surface area contributed by atoms with Crippen molar-refractivity contribution in [3.63, 3.8) is 0 Å². The number of rotatable bonds is 2. The lowest BCUT2D eigenvalue weighted by Crippen LogP contribution is -2.40. The summed E-state index contributed by atoms with van der Waals surface area (Å²) in [5.74, 6) is 0.296. The van der Waals surface area contributed by atoms with Gasteiger partial charge in [0.05, 0.1) is 0 Å². The standard InChI is InChI=1S/C13H17IN2O/c1-9-8-10(6-7-15-9)13(17)16-12-4-2-11(14)3-5-12/h2-5,9-10,15H,6-8H2,1H3,(H,16,17). The summed E-state index contributed by atoms with van der Waals surface area (Å²) >= 11 is 2.26. The van der Waals surface area contributed by atoms with Gasteiger partial charge in [-0.1, -0.05) is 0 Å². The molecule has 2 N–H and O–H groups in total. The normalized spacial score (nSPS) is 24.4. The highest BCUT2D eigenvalue weighted by atomic mass is 127. The van der Waals surface area contributed by atoms with E-state index in [1.807, 2.05) is 24.3 Å². The molecule has 1 aliphatic heterocycles. The number of hydrogen-bond donors (Lipinski definition) is 2. The van der Waals surface area contributed by atoms with Crippen molar-refractivity contribution in [3.05, 3.63) is 27.8 Å². The van der Waals surface area contributed by atoms with Crippen LogP contribution in [0.2, 0.25) is 0 Å². The van der Waals surface area contributed by atoms with Gasteiger partial charge in [0.15, 0.2) is 0 Å². The minimum absolute atomic E-state index is 0.144. The number of piperidine rings is 1. The Labute approximate surface area is 116 Å². The summed E-state index contributed by atoms with van der Waals surface area (Å²) in [6, 6.07) is 8.34. The third-order valence-electron chi connectivity index (χ3n) is 3.11. The first-order chi connectivity index (χ1) is 8.15. The first kappa shape index (κ1) is 12.8. The summed E-state index contributed by atoms with van der Waals surface area (Å²) in [4.78, 5) is 12.1. The van der Waals surface area contributed by atoms with E-state index < -0.39 is 0 Å². The Bertz CT molecular complexity index is 391. The molecule has 1 aromatic carbocycles. The molecule has 0 aliphatic carbocycles. The summed E-state index contributed by atoms with van der Waals surface area (Å²) in [5, 5.41) is 6.35. The molecule has 2 rings (SSSR count). The van der Waals surface area contributed by atoms with Gasteiger partial charge in [0.1, 0.15) is 0 Å². The molecule has 0 bridgehead atoms. The average Bonchev–Trinajstić information content (AvgIpc) is 2.32. The van der Waals surface area contributed by atoms with Crippen LogP contribution in [0.1, 0.15) is 19.8 Å². The molecular formula is C13H17IN2O. The Morgan fingerprint density at radius 3 is 2.76 bits per heavy atom. The SMILES string of the molecule is CC1CC(C(=O)Nc2ccc(I)cc2)CCN1. The molecule has 4 heteroatoms. The zero-order chi connectivity index (χ0) is 12.3. The van der Waals surface area contributed by atoms with E-state index in [0.29, 0.717) is 6.04 Å². The second kappa shape index (κ2) is 5.82. The molecular weight excluding hydrogens is 327 g/mol.